The summed E-state index contributed by atoms with van der Waals surface area (Å²) < 4.78 is 27.4. The van der Waals surface area contributed by atoms with Gasteiger partial charge in [-0.25, -0.2) is 0 Å². The van der Waals surface area contributed by atoms with Gasteiger partial charge in [-0.05, 0) is 37.3 Å². The Bertz CT molecular complexity index is 879. The van der Waals surface area contributed by atoms with Gasteiger partial charge in [-0.15, -0.1) is 0 Å². The molecule has 2 aromatic rings. The SMILES string of the molecule is COc1ccc(NC(=O)C2(C)COC(c3ccc(OC)c(OC)c3)OC2)cc1Cl. The van der Waals surface area contributed by atoms with Gasteiger partial charge in [-0.1, -0.05) is 17.7 Å². The summed E-state index contributed by atoms with van der Waals surface area (Å²) in [4.78, 5) is 12.8. The van der Waals surface area contributed by atoms with E-state index in [0.717, 1.165) is 5.56 Å². The lowest BCUT2D eigenvalue weighted by molar-refractivity contribution is -0.226. The Morgan fingerprint density at radius 3 is 2.21 bits per heavy atom. The van der Waals surface area contributed by atoms with Gasteiger partial charge in [0, 0.05) is 11.3 Å². The number of methoxy groups -OCH3 is 3. The molecule has 0 spiro atoms. The summed E-state index contributed by atoms with van der Waals surface area (Å²) in [5.41, 5.74) is 0.510. The number of carbonyl (C=O) groups excluding carboxylic acids is 1. The van der Waals surface area contributed by atoms with Gasteiger partial charge in [-0.3, -0.25) is 4.79 Å². The van der Waals surface area contributed by atoms with Crippen LogP contribution in [-0.2, 0) is 14.3 Å². The molecule has 1 heterocycles. The molecule has 0 saturated carbocycles. The molecule has 8 heteroatoms. The van der Waals surface area contributed by atoms with Crippen molar-refractivity contribution in [2.45, 2.75) is 13.2 Å². The lowest BCUT2D eigenvalue weighted by Gasteiger charge is -2.36. The van der Waals surface area contributed by atoms with Crippen LogP contribution in [0.25, 0.3) is 0 Å². The van der Waals surface area contributed by atoms with Crippen molar-refractivity contribution in [2.75, 3.05) is 39.9 Å². The highest BCUT2D eigenvalue weighted by molar-refractivity contribution is 6.32. The topological polar surface area (TPSA) is 75.3 Å². The molecule has 2 aromatic carbocycles. The fourth-order valence-corrected chi connectivity index (χ4v) is 3.22. The van der Waals surface area contributed by atoms with Crippen LogP contribution < -0.4 is 19.5 Å². The first-order chi connectivity index (χ1) is 13.9. The molecule has 0 bridgehead atoms. The van der Waals surface area contributed by atoms with E-state index in [0.29, 0.717) is 28.0 Å². The predicted octanol–water partition coefficient (Wildman–Crippen LogP) is 4.06. The Hall–Kier alpha value is -2.48. The number of hydrogen-bond acceptors (Lipinski definition) is 6. The second-order valence-corrected chi connectivity index (χ2v) is 7.34. The number of rotatable bonds is 6. The quantitative estimate of drug-likeness (QED) is 0.758. The average molecular weight is 422 g/mol. The summed E-state index contributed by atoms with van der Waals surface area (Å²) in [6, 6.07) is 10.5. The molecule has 0 aromatic heterocycles. The first-order valence-electron chi connectivity index (χ1n) is 9.00. The molecule has 1 aliphatic heterocycles. The maximum atomic E-state index is 12.8. The Labute approximate surface area is 174 Å². The molecule has 1 amide bonds. The lowest BCUT2D eigenvalue weighted by atomic mass is 9.90. The minimum absolute atomic E-state index is 0.196. The van der Waals surface area contributed by atoms with Gasteiger partial charge < -0.3 is 29.0 Å². The first-order valence-corrected chi connectivity index (χ1v) is 9.38. The van der Waals surface area contributed by atoms with Crippen LogP contribution in [0.5, 0.6) is 17.2 Å². The number of nitrogens with one attached hydrogen (secondary N) is 1. The largest absolute Gasteiger partial charge is 0.495 e. The zero-order valence-electron chi connectivity index (χ0n) is 16.8. The molecule has 0 radical (unpaired) electrons. The second kappa shape index (κ2) is 8.90. The van der Waals surface area contributed by atoms with Crippen LogP contribution in [0.3, 0.4) is 0 Å². The number of hydrogen-bond donors (Lipinski definition) is 1. The molecule has 0 unspecified atom stereocenters. The van der Waals surface area contributed by atoms with Crippen molar-refractivity contribution < 1.29 is 28.5 Å². The van der Waals surface area contributed by atoms with Crippen molar-refractivity contribution in [1.82, 2.24) is 0 Å². The highest BCUT2D eigenvalue weighted by Gasteiger charge is 2.40. The molecule has 3 rings (SSSR count). The van der Waals surface area contributed by atoms with E-state index in [1.165, 1.54) is 7.11 Å². The van der Waals surface area contributed by atoms with Gasteiger partial charge in [0.1, 0.15) is 5.75 Å². The maximum absolute atomic E-state index is 12.8. The minimum Gasteiger partial charge on any atom is -0.495 e. The van der Waals surface area contributed by atoms with E-state index in [1.54, 1.807) is 51.5 Å². The normalized spacial score (nSPS) is 21.3. The van der Waals surface area contributed by atoms with E-state index in [-0.39, 0.29) is 19.1 Å². The van der Waals surface area contributed by atoms with Crippen LogP contribution in [0.1, 0.15) is 18.8 Å². The Morgan fingerprint density at radius 1 is 1.00 bits per heavy atom. The Morgan fingerprint density at radius 2 is 1.62 bits per heavy atom. The molecule has 1 aliphatic rings. The molecule has 29 heavy (non-hydrogen) atoms. The number of carbonyl (C=O) groups is 1. The summed E-state index contributed by atoms with van der Waals surface area (Å²) in [6.45, 7) is 2.18. The first kappa shape index (κ1) is 21.2. The van der Waals surface area contributed by atoms with Crippen molar-refractivity contribution in [3.8, 4) is 17.2 Å². The fourth-order valence-electron chi connectivity index (χ4n) is 2.96. The van der Waals surface area contributed by atoms with Crippen LogP contribution >= 0.6 is 11.6 Å². The van der Waals surface area contributed by atoms with Crippen molar-refractivity contribution >= 4 is 23.2 Å². The number of amides is 1. The molecule has 1 N–H and O–H groups in total. The van der Waals surface area contributed by atoms with Crippen LogP contribution in [0.15, 0.2) is 36.4 Å². The smallest absolute Gasteiger partial charge is 0.234 e. The van der Waals surface area contributed by atoms with Gasteiger partial charge >= 0.3 is 0 Å². The van der Waals surface area contributed by atoms with Crippen molar-refractivity contribution in [1.29, 1.82) is 0 Å². The van der Waals surface area contributed by atoms with E-state index in [4.69, 9.17) is 35.3 Å². The van der Waals surface area contributed by atoms with E-state index in [9.17, 15) is 4.79 Å². The monoisotopic (exact) mass is 421 g/mol. The van der Waals surface area contributed by atoms with Crippen LogP contribution in [0.2, 0.25) is 5.02 Å². The van der Waals surface area contributed by atoms with Crippen molar-refractivity contribution in [3.05, 3.63) is 47.0 Å². The van der Waals surface area contributed by atoms with E-state index in [2.05, 4.69) is 5.32 Å². The van der Waals surface area contributed by atoms with Crippen LogP contribution in [0.4, 0.5) is 5.69 Å². The zero-order chi connectivity index (χ0) is 21.0. The molecule has 0 aliphatic carbocycles. The summed E-state index contributed by atoms with van der Waals surface area (Å²) in [5, 5.41) is 3.27. The third kappa shape index (κ3) is 4.58. The summed E-state index contributed by atoms with van der Waals surface area (Å²) in [7, 11) is 4.67. The number of anilines is 1. The summed E-state index contributed by atoms with van der Waals surface area (Å²) >= 11 is 6.12. The molecule has 7 nitrogen and oxygen atoms in total. The maximum Gasteiger partial charge on any atom is 0.234 e. The van der Waals surface area contributed by atoms with E-state index in [1.807, 2.05) is 6.07 Å². The minimum atomic E-state index is -0.848. The van der Waals surface area contributed by atoms with Gasteiger partial charge in [0.25, 0.3) is 0 Å². The molecule has 1 saturated heterocycles. The molecule has 0 atom stereocenters. The summed E-state index contributed by atoms with van der Waals surface area (Å²) in [5.74, 6) is 1.52. The number of ether oxygens (including phenoxy) is 5. The highest BCUT2D eigenvalue weighted by Crippen LogP contribution is 2.36. The van der Waals surface area contributed by atoms with Gasteiger partial charge in [0.15, 0.2) is 17.8 Å². The highest BCUT2D eigenvalue weighted by atomic mass is 35.5. The lowest BCUT2D eigenvalue weighted by Crippen LogP contribution is -2.45. The molecule has 1 fully saturated rings. The van der Waals surface area contributed by atoms with Gasteiger partial charge in [-0.2, -0.15) is 0 Å². The molecule has 156 valence electrons. The molecular formula is C21H24ClNO6. The predicted molar refractivity (Wildman–Crippen MR) is 109 cm³/mol. The van der Waals surface area contributed by atoms with E-state index >= 15 is 0 Å². The molecular weight excluding hydrogens is 398 g/mol. The Kier molecular flexibility index (Phi) is 6.52. The number of halogens is 1. The fraction of sp³-hybridized carbons (Fsp3) is 0.381. The van der Waals surface area contributed by atoms with Crippen molar-refractivity contribution in [3.63, 3.8) is 0 Å². The second-order valence-electron chi connectivity index (χ2n) is 6.93. The third-order valence-electron chi connectivity index (χ3n) is 4.74. The van der Waals surface area contributed by atoms with E-state index < -0.39 is 11.7 Å². The van der Waals surface area contributed by atoms with Crippen LogP contribution in [0, 0.1) is 5.41 Å². The van der Waals surface area contributed by atoms with Crippen molar-refractivity contribution in [2.24, 2.45) is 5.41 Å². The van der Waals surface area contributed by atoms with Crippen LogP contribution in [-0.4, -0.2) is 40.5 Å². The van der Waals surface area contributed by atoms with Gasteiger partial charge in [0.05, 0.1) is 45.0 Å². The average Bonchev–Trinajstić information content (AvgIpc) is 2.74. The zero-order valence-corrected chi connectivity index (χ0v) is 17.5. The summed E-state index contributed by atoms with van der Waals surface area (Å²) in [6.07, 6.45) is -0.592. The number of benzene rings is 2. The standard InChI is InChI=1S/C21H24ClNO6/c1-21(20(24)23-14-6-8-16(25-2)15(22)10-14)11-28-19(29-12-21)13-5-7-17(26-3)18(9-13)27-4/h5-10,19H,11-12H2,1-4H3,(H,23,24). The third-order valence-corrected chi connectivity index (χ3v) is 5.04. The Balaban J connectivity index is 1.65. The van der Waals surface area contributed by atoms with Gasteiger partial charge in [0.2, 0.25) is 5.91 Å².